The first kappa shape index (κ1) is 19.1. The highest BCUT2D eigenvalue weighted by Crippen LogP contribution is 2.45. The minimum absolute atomic E-state index is 0.0380. The quantitative estimate of drug-likeness (QED) is 0.868. The largest absolute Gasteiger partial charge is 0.336 e. The Hall–Kier alpha value is -2.69. The molecule has 1 saturated carbocycles. The topological polar surface area (TPSA) is 49.4 Å². The molecule has 2 aromatic carbocycles. The first-order chi connectivity index (χ1) is 12.8. The summed E-state index contributed by atoms with van der Waals surface area (Å²) in [4.78, 5) is 27.0. The molecule has 2 amide bonds. The van der Waals surface area contributed by atoms with Crippen LogP contribution in [0.2, 0.25) is 0 Å². The van der Waals surface area contributed by atoms with Crippen LogP contribution in [0, 0.1) is 19.7 Å². The van der Waals surface area contributed by atoms with E-state index in [4.69, 9.17) is 0 Å². The van der Waals surface area contributed by atoms with Crippen molar-refractivity contribution in [2.24, 2.45) is 0 Å². The van der Waals surface area contributed by atoms with Gasteiger partial charge in [-0.15, -0.1) is 0 Å². The van der Waals surface area contributed by atoms with Crippen LogP contribution in [-0.4, -0.2) is 30.3 Å². The van der Waals surface area contributed by atoms with Crippen LogP contribution < -0.4 is 5.32 Å². The van der Waals surface area contributed by atoms with Gasteiger partial charge >= 0.3 is 0 Å². The van der Waals surface area contributed by atoms with Crippen LogP contribution in [0.15, 0.2) is 42.5 Å². The predicted molar refractivity (Wildman–Crippen MR) is 104 cm³/mol. The van der Waals surface area contributed by atoms with Gasteiger partial charge in [-0.1, -0.05) is 36.8 Å². The molecule has 0 bridgehead atoms. The minimum Gasteiger partial charge on any atom is -0.336 e. The number of halogens is 1. The van der Waals surface area contributed by atoms with Crippen molar-refractivity contribution in [1.29, 1.82) is 0 Å². The van der Waals surface area contributed by atoms with Gasteiger partial charge in [-0.25, -0.2) is 4.39 Å². The third kappa shape index (κ3) is 3.72. The Morgan fingerprint density at radius 2 is 1.74 bits per heavy atom. The molecule has 0 aliphatic heterocycles. The molecule has 0 radical (unpaired) electrons. The second kappa shape index (κ2) is 7.51. The highest BCUT2D eigenvalue weighted by molar-refractivity contribution is 5.97. The smallest absolute Gasteiger partial charge is 0.243 e. The van der Waals surface area contributed by atoms with Gasteiger partial charge in [-0.2, -0.15) is 0 Å². The number of para-hydroxylation sites is 1. The number of carbonyl (C=O) groups is 2. The SMILES string of the molecule is Cc1cccc(C)c1NC(=O)CN(C)C(=O)C1(c2cccc(F)c2)CCC1. The fraction of sp³-hybridized carbons (Fsp3) is 0.364. The Morgan fingerprint density at radius 3 is 2.30 bits per heavy atom. The second-order valence-corrected chi connectivity index (χ2v) is 7.42. The normalized spacial score (nSPS) is 15.0. The summed E-state index contributed by atoms with van der Waals surface area (Å²) in [5, 5.41) is 2.91. The molecule has 0 heterocycles. The predicted octanol–water partition coefficient (Wildman–Crippen LogP) is 3.96. The molecule has 4 nitrogen and oxygen atoms in total. The standard InChI is InChI=1S/C22H25FN2O2/c1-15-7-4-8-16(2)20(15)24-19(26)14-25(3)21(27)22(11-6-12-22)17-9-5-10-18(23)13-17/h4-5,7-10,13H,6,11-12,14H2,1-3H3,(H,24,26). The lowest BCUT2D eigenvalue weighted by Gasteiger charge is -2.43. The monoisotopic (exact) mass is 368 g/mol. The number of carbonyl (C=O) groups excluding carboxylic acids is 2. The third-order valence-electron chi connectivity index (χ3n) is 5.47. The van der Waals surface area contributed by atoms with E-state index in [9.17, 15) is 14.0 Å². The van der Waals surface area contributed by atoms with E-state index >= 15 is 0 Å². The lowest BCUT2D eigenvalue weighted by atomic mass is 9.63. The molecule has 0 spiro atoms. The summed E-state index contributed by atoms with van der Waals surface area (Å²) in [6.45, 7) is 3.83. The molecule has 1 aliphatic carbocycles. The van der Waals surface area contributed by atoms with Crippen LogP contribution >= 0.6 is 0 Å². The maximum absolute atomic E-state index is 13.7. The summed E-state index contributed by atoms with van der Waals surface area (Å²) in [5.74, 6) is -0.713. The zero-order valence-electron chi connectivity index (χ0n) is 16.0. The average Bonchev–Trinajstić information content (AvgIpc) is 2.57. The van der Waals surface area contributed by atoms with Crippen molar-refractivity contribution in [2.45, 2.75) is 38.5 Å². The Bertz CT molecular complexity index is 854. The summed E-state index contributed by atoms with van der Waals surface area (Å²) in [5.41, 5.74) is 2.73. The van der Waals surface area contributed by atoms with Crippen molar-refractivity contribution in [2.75, 3.05) is 18.9 Å². The number of nitrogens with one attached hydrogen (secondary N) is 1. The van der Waals surface area contributed by atoms with Crippen LogP contribution in [0.3, 0.4) is 0 Å². The Kier molecular flexibility index (Phi) is 5.31. The van der Waals surface area contributed by atoms with Crippen molar-refractivity contribution in [3.8, 4) is 0 Å². The van der Waals surface area contributed by atoms with E-state index in [0.29, 0.717) is 18.4 Å². The molecule has 3 rings (SSSR count). The average molecular weight is 368 g/mol. The second-order valence-electron chi connectivity index (χ2n) is 7.42. The van der Waals surface area contributed by atoms with Gasteiger partial charge in [-0.3, -0.25) is 9.59 Å². The zero-order valence-corrected chi connectivity index (χ0v) is 16.0. The maximum Gasteiger partial charge on any atom is 0.243 e. The van der Waals surface area contributed by atoms with Crippen LogP contribution in [0.5, 0.6) is 0 Å². The van der Waals surface area contributed by atoms with Crippen LogP contribution in [0.25, 0.3) is 0 Å². The minimum atomic E-state index is -0.713. The molecule has 0 saturated heterocycles. The van der Waals surface area contributed by atoms with E-state index in [-0.39, 0.29) is 24.2 Å². The van der Waals surface area contributed by atoms with Gasteiger partial charge in [0, 0.05) is 12.7 Å². The lowest BCUT2D eigenvalue weighted by molar-refractivity contribution is -0.141. The molecule has 0 atom stereocenters. The number of benzene rings is 2. The number of hydrogen-bond donors (Lipinski definition) is 1. The van der Waals surface area contributed by atoms with E-state index in [1.807, 2.05) is 32.0 Å². The maximum atomic E-state index is 13.7. The van der Waals surface area contributed by atoms with Gasteiger partial charge in [-0.05, 0) is 55.5 Å². The fourth-order valence-corrected chi connectivity index (χ4v) is 3.79. The van der Waals surface area contributed by atoms with Gasteiger partial charge in [0.2, 0.25) is 11.8 Å². The Balaban J connectivity index is 1.72. The Morgan fingerprint density at radius 1 is 1.11 bits per heavy atom. The molecule has 0 aromatic heterocycles. The Labute approximate surface area is 159 Å². The first-order valence-corrected chi connectivity index (χ1v) is 9.21. The fourth-order valence-electron chi connectivity index (χ4n) is 3.79. The summed E-state index contributed by atoms with van der Waals surface area (Å²) >= 11 is 0. The number of anilines is 1. The third-order valence-corrected chi connectivity index (χ3v) is 5.47. The van der Waals surface area contributed by atoms with E-state index in [1.54, 1.807) is 19.2 Å². The van der Waals surface area contributed by atoms with Crippen molar-refractivity contribution in [3.63, 3.8) is 0 Å². The number of hydrogen-bond acceptors (Lipinski definition) is 2. The number of likely N-dealkylation sites (N-methyl/N-ethyl adjacent to an activating group) is 1. The van der Waals surface area contributed by atoms with Crippen LogP contribution in [-0.2, 0) is 15.0 Å². The molecular weight excluding hydrogens is 343 g/mol. The lowest BCUT2D eigenvalue weighted by Crippen LogP contribution is -2.51. The summed E-state index contributed by atoms with van der Waals surface area (Å²) in [7, 11) is 1.63. The molecule has 1 aliphatic rings. The number of amides is 2. The summed E-state index contributed by atoms with van der Waals surface area (Å²) in [6.07, 6.45) is 2.28. The molecule has 1 N–H and O–H groups in total. The number of rotatable bonds is 5. The molecule has 27 heavy (non-hydrogen) atoms. The van der Waals surface area contributed by atoms with Gasteiger partial charge in [0.05, 0.1) is 12.0 Å². The molecular formula is C22H25FN2O2. The molecule has 142 valence electrons. The molecule has 1 fully saturated rings. The number of aryl methyl sites for hydroxylation is 2. The number of nitrogens with zero attached hydrogens (tertiary/aromatic N) is 1. The van der Waals surface area contributed by atoms with E-state index < -0.39 is 5.41 Å². The van der Waals surface area contributed by atoms with E-state index in [1.165, 1.54) is 17.0 Å². The van der Waals surface area contributed by atoms with Crippen molar-refractivity contribution >= 4 is 17.5 Å². The first-order valence-electron chi connectivity index (χ1n) is 9.21. The molecule has 5 heteroatoms. The van der Waals surface area contributed by atoms with E-state index in [0.717, 1.165) is 23.2 Å². The highest BCUT2D eigenvalue weighted by Gasteiger charge is 2.47. The summed E-state index contributed by atoms with van der Waals surface area (Å²) < 4.78 is 13.7. The van der Waals surface area contributed by atoms with Crippen molar-refractivity contribution < 1.29 is 14.0 Å². The summed E-state index contributed by atoms with van der Waals surface area (Å²) in [6, 6.07) is 12.0. The molecule has 2 aromatic rings. The zero-order chi connectivity index (χ0) is 19.6. The van der Waals surface area contributed by atoms with Gasteiger partial charge in [0.1, 0.15) is 5.82 Å². The van der Waals surface area contributed by atoms with Crippen LogP contribution in [0.4, 0.5) is 10.1 Å². The van der Waals surface area contributed by atoms with Gasteiger partial charge in [0.25, 0.3) is 0 Å². The van der Waals surface area contributed by atoms with Crippen LogP contribution in [0.1, 0.15) is 36.0 Å². The van der Waals surface area contributed by atoms with E-state index in [2.05, 4.69) is 5.32 Å². The molecule has 0 unspecified atom stereocenters. The van der Waals surface area contributed by atoms with Crippen molar-refractivity contribution in [3.05, 3.63) is 65.0 Å². The van der Waals surface area contributed by atoms with Gasteiger partial charge < -0.3 is 10.2 Å². The van der Waals surface area contributed by atoms with Crippen molar-refractivity contribution in [1.82, 2.24) is 4.90 Å². The van der Waals surface area contributed by atoms with Gasteiger partial charge in [0.15, 0.2) is 0 Å². The highest BCUT2D eigenvalue weighted by atomic mass is 19.1.